The Bertz CT molecular complexity index is 244. The van der Waals surface area contributed by atoms with Crippen LogP contribution in [0.25, 0.3) is 10.4 Å². The average molecular weight is 180 g/mol. The lowest BCUT2D eigenvalue weighted by atomic mass is 9.94. The van der Waals surface area contributed by atoms with Crippen molar-refractivity contribution >= 4 is 0 Å². The summed E-state index contributed by atoms with van der Waals surface area (Å²) in [7, 11) is 0. The Balaban J connectivity index is 2.11. The van der Waals surface area contributed by atoms with Gasteiger partial charge in [0.15, 0.2) is 0 Å². The molecule has 13 heavy (non-hydrogen) atoms. The highest BCUT2D eigenvalue weighted by molar-refractivity contribution is 5.16. The number of hydrogen-bond acceptors (Lipinski definition) is 4. The first kappa shape index (κ1) is 9.81. The third kappa shape index (κ3) is 2.60. The molecule has 0 aromatic carbocycles. The second-order valence-corrected chi connectivity index (χ2v) is 3.03. The zero-order valence-electron chi connectivity index (χ0n) is 7.32. The summed E-state index contributed by atoms with van der Waals surface area (Å²) in [6.45, 7) is 2.60. The summed E-state index contributed by atoms with van der Waals surface area (Å²) in [5.41, 5.74) is 7.63. The van der Waals surface area contributed by atoms with Gasteiger partial charge in [0.05, 0.1) is 6.07 Å². The van der Waals surface area contributed by atoms with E-state index in [1.807, 2.05) is 0 Å². The molecular formula is C7H12N6. The van der Waals surface area contributed by atoms with E-state index in [1.165, 1.54) is 0 Å². The number of nitrogens with zero attached hydrogens (tertiary/aromatic N) is 4. The van der Waals surface area contributed by atoms with Gasteiger partial charge in [-0.1, -0.05) is 5.11 Å². The molecule has 6 heteroatoms. The third-order valence-electron chi connectivity index (χ3n) is 2.03. The van der Waals surface area contributed by atoms with Gasteiger partial charge in [-0.15, -0.1) is 0 Å². The van der Waals surface area contributed by atoms with Crippen molar-refractivity contribution in [2.24, 2.45) is 5.11 Å². The van der Waals surface area contributed by atoms with Crippen LogP contribution in [0, 0.1) is 11.3 Å². The molecule has 1 fully saturated rings. The van der Waals surface area contributed by atoms with Gasteiger partial charge in [0, 0.05) is 24.5 Å². The first-order valence-electron chi connectivity index (χ1n) is 4.21. The van der Waals surface area contributed by atoms with Crippen LogP contribution in [0.15, 0.2) is 5.11 Å². The Morgan fingerprint density at radius 1 is 1.69 bits per heavy atom. The van der Waals surface area contributed by atoms with Gasteiger partial charge < -0.3 is 5.32 Å². The van der Waals surface area contributed by atoms with Crippen LogP contribution in [0.3, 0.4) is 0 Å². The zero-order valence-corrected chi connectivity index (χ0v) is 7.32. The minimum absolute atomic E-state index is 0.379. The fourth-order valence-electron chi connectivity index (χ4n) is 1.14. The lowest BCUT2D eigenvalue weighted by Crippen LogP contribution is -2.67. The Morgan fingerprint density at radius 2 is 2.46 bits per heavy atom. The predicted octanol–water partition coefficient (Wildman–Crippen LogP) is 0.142. The molecule has 1 aliphatic heterocycles. The van der Waals surface area contributed by atoms with Gasteiger partial charge in [0.2, 0.25) is 0 Å². The highest BCUT2D eigenvalue weighted by atomic mass is 15.2. The highest BCUT2D eigenvalue weighted by Gasteiger charge is 2.35. The molecule has 0 amide bonds. The van der Waals surface area contributed by atoms with Gasteiger partial charge in [-0.05, 0) is 18.5 Å². The standard InChI is InChI=1S/C7H12N6/c8-4-7(5-10-6-7)11-2-1-3-12-13-9/h10-11H,1-3,5-6H2. The molecule has 0 aromatic heterocycles. The van der Waals surface area contributed by atoms with Gasteiger partial charge in [0.25, 0.3) is 0 Å². The number of azide groups is 1. The molecule has 0 radical (unpaired) electrons. The fraction of sp³-hybridized carbons (Fsp3) is 0.857. The van der Waals surface area contributed by atoms with Crippen LogP contribution in [-0.4, -0.2) is 31.7 Å². The molecular weight excluding hydrogens is 168 g/mol. The maximum absolute atomic E-state index is 8.80. The first-order chi connectivity index (χ1) is 6.33. The average Bonchev–Trinajstić information content (AvgIpc) is 2.09. The Kier molecular flexibility index (Phi) is 3.53. The van der Waals surface area contributed by atoms with E-state index in [-0.39, 0.29) is 5.54 Å². The Morgan fingerprint density at radius 3 is 2.92 bits per heavy atom. The summed E-state index contributed by atoms with van der Waals surface area (Å²) in [4.78, 5) is 2.64. The van der Waals surface area contributed by atoms with E-state index in [2.05, 4.69) is 26.7 Å². The number of nitrogens with one attached hydrogen (secondary N) is 2. The Hall–Kier alpha value is -1.28. The molecule has 0 saturated carbocycles. The number of rotatable bonds is 5. The highest BCUT2D eigenvalue weighted by Crippen LogP contribution is 2.08. The summed E-state index contributed by atoms with van der Waals surface area (Å²) in [6, 6.07) is 2.23. The summed E-state index contributed by atoms with van der Waals surface area (Å²) in [5, 5.41) is 18.4. The van der Waals surface area contributed by atoms with Gasteiger partial charge >= 0.3 is 0 Å². The molecule has 0 unspecified atom stereocenters. The SMILES string of the molecule is N#CC1(NCCCN=[N+]=[N-])CNC1. The van der Waals surface area contributed by atoms with E-state index in [4.69, 9.17) is 10.8 Å². The van der Waals surface area contributed by atoms with Gasteiger partial charge in [-0.2, -0.15) is 5.26 Å². The first-order valence-corrected chi connectivity index (χ1v) is 4.21. The number of nitriles is 1. The summed E-state index contributed by atoms with van der Waals surface area (Å²) in [5.74, 6) is 0. The van der Waals surface area contributed by atoms with E-state index in [0.717, 1.165) is 6.42 Å². The summed E-state index contributed by atoms with van der Waals surface area (Å²) < 4.78 is 0. The molecule has 70 valence electrons. The van der Waals surface area contributed by atoms with Crippen molar-refractivity contribution in [3.63, 3.8) is 0 Å². The van der Waals surface area contributed by atoms with Crippen LogP contribution in [0.2, 0.25) is 0 Å². The lowest BCUT2D eigenvalue weighted by Gasteiger charge is -2.37. The molecule has 0 aromatic rings. The van der Waals surface area contributed by atoms with Crippen LogP contribution >= 0.6 is 0 Å². The van der Waals surface area contributed by atoms with Crippen LogP contribution in [-0.2, 0) is 0 Å². The van der Waals surface area contributed by atoms with Crippen molar-refractivity contribution in [2.45, 2.75) is 12.0 Å². The molecule has 1 saturated heterocycles. The molecule has 1 heterocycles. The topological polar surface area (TPSA) is 96.6 Å². The zero-order chi connectivity index (χ0) is 9.57. The smallest absolute Gasteiger partial charge is 0.131 e. The minimum atomic E-state index is -0.379. The monoisotopic (exact) mass is 180 g/mol. The quantitative estimate of drug-likeness (QED) is 0.272. The molecule has 0 spiro atoms. The summed E-state index contributed by atoms with van der Waals surface area (Å²) in [6.07, 6.45) is 0.771. The van der Waals surface area contributed by atoms with Crippen molar-refractivity contribution in [1.29, 1.82) is 5.26 Å². The second kappa shape index (κ2) is 4.67. The molecule has 2 N–H and O–H groups in total. The predicted molar refractivity (Wildman–Crippen MR) is 47.8 cm³/mol. The van der Waals surface area contributed by atoms with E-state index in [0.29, 0.717) is 26.2 Å². The van der Waals surface area contributed by atoms with Gasteiger partial charge in [0.1, 0.15) is 5.54 Å². The maximum atomic E-state index is 8.80. The molecule has 6 nitrogen and oxygen atoms in total. The van der Waals surface area contributed by atoms with Crippen molar-refractivity contribution in [3.05, 3.63) is 10.4 Å². The third-order valence-corrected chi connectivity index (χ3v) is 2.03. The summed E-state index contributed by atoms with van der Waals surface area (Å²) >= 11 is 0. The Labute approximate surface area is 76.5 Å². The van der Waals surface area contributed by atoms with Gasteiger partial charge in [-0.25, -0.2) is 0 Å². The van der Waals surface area contributed by atoms with E-state index in [1.54, 1.807) is 0 Å². The van der Waals surface area contributed by atoms with Gasteiger partial charge in [-0.3, -0.25) is 5.32 Å². The molecule has 0 aliphatic carbocycles. The largest absolute Gasteiger partial charge is 0.311 e. The van der Waals surface area contributed by atoms with Crippen LogP contribution in [0.4, 0.5) is 0 Å². The maximum Gasteiger partial charge on any atom is 0.131 e. The number of hydrogen-bond donors (Lipinski definition) is 2. The van der Waals surface area contributed by atoms with E-state index < -0.39 is 0 Å². The second-order valence-electron chi connectivity index (χ2n) is 3.03. The van der Waals surface area contributed by atoms with Crippen molar-refractivity contribution in [2.75, 3.05) is 26.2 Å². The fourth-order valence-corrected chi connectivity index (χ4v) is 1.14. The molecule has 1 aliphatic rings. The molecule has 0 atom stereocenters. The van der Waals surface area contributed by atoms with E-state index in [9.17, 15) is 0 Å². The van der Waals surface area contributed by atoms with Crippen molar-refractivity contribution in [1.82, 2.24) is 10.6 Å². The normalized spacial score (nSPS) is 18.1. The van der Waals surface area contributed by atoms with Crippen molar-refractivity contribution in [3.8, 4) is 6.07 Å². The molecule has 1 rings (SSSR count). The van der Waals surface area contributed by atoms with Crippen molar-refractivity contribution < 1.29 is 0 Å². The molecule has 0 bridgehead atoms. The van der Waals surface area contributed by atoms with Crippen LogP contribution in [0.1, 0.15) is 6.42 Å². The minimum Gasteiger partial charge on any atom is -0.311 e. The lowest BCUT2D eigenvalue weighted by molar-refractivity contribution is 0.284. The van der Waals surface area contributed by atoms with Crippen LogP contribution in [0.5, 0.6) is 0 Å². The van der Waals surface area contributed by atoms with Crippen LogP contribution < -0.4 is 10.6 Å². The van der Waals surface area contributed by atoms with E-state index >= 15 is 0 Å².